The monoisotopic (exact) mass is 279 g/mol. The number of carbonyl (C=O) groups is 1. The van der Waals surface area contributed by atoms with E-state index in [-0.39, 0.29) is 12.0 Å². The van der Waals surface area contributed by atoms with E-state index >= 15 is 0 Å². The molecule has 5 heteroatoms. The lowest BCUT2D eigenvalue weighted by atomic mass is 10.1. The van der Waals surface area contributed by atoms with E-state index in [1.807, 2.05) is 0 Å². The third-order valence-electron chi connectivity index (χ3n) is 3.32. The van der Waals surface area contributed by atoms with Crippen molar-refractivity contribution in [2.45, 2.75) is 26.8 Å². The number of methoxy groups -OCH3 is 1. The summed E-state index contributed by atoms with van der Waals surface area (Å²) in [6.07, 6.45) is 0. The van der Waals surface area contributed by atoms with Gasteiger partial charge in [-0.3, -0.25) is 0 Å². The normalized spacial score (nSPS) is 12.2. The van der Waals surface area contributed by atoms with Crippen molar-refractivity contribution < 1.29 is 9.53 Å². The molecule has 0 aromatic heterocycles. The van der Waals surface area contributed by atoms with Gasteiger partial charge in [0, 0.05) is 12.6 Å². The number of nitrogens with one attached hydrogen (secondary N) is 1. The average Bonchev–Trinajstić information content (AvgIpc) is 2.46. The fourth-order valence-electron chi connectivity index (χ4n) is 2.17. The van der Waals surface area contributed by atoms with Gasteiger partial charge in [0.25, 0.3) is 0 Å². The van der Waals surface area contributed by atoms with Crippen molar-refractivity contribution in [2.75, 3.05) is 37.8 Å². The number of anilines is 2. The predicted molar refractivity (Wildman–Crippen MR) is 83.1 cm³/mol. The van der Waals surface area contributed by atoms with Gasteiger partial charge < -0.3 is 20.7 Å². The fraction of sp³-hybridized carbons (Fsp3) is 0.533. The molecule has 0 radical (unpaired) electrons. The molecule has 0 aliphatic heterocycles. The molecule has 1 aromatic rings. The van der Waals surface area contributed by atoms with Gasteiger partial charge in [0.15, 0.2) is 0 Å². The Hall–Kier alpha value is -1.75. The molecule has 0 spiro atoms. The van der Waals surface area contributed by atoms with Gasteiger partial charge in [-0.25, -0.2) is 4.79 Å². The maximum atomic E-state index is 11.8. The Morgan fingerprint density at radius 2 is 2.05 bits per heavy atom. The van der Waals surface area contributed by atoms with E-state index < -0.39 is 0 Å². The highest BCUT2D eigenvalue weighted by atomic mass is 16.5. The lowest BCUT2D eigenvalue weighted by Crippen LogP contribution is -2.35. The second-order valence-corrected chi connectivity index (χ2v) is 4.79. The lowest BCUT2D eigenvalue weighted by Gasteiger charge is -2.25. The molecule has 1 aromatic carbocycles. The molecule has 1 unspecified atom stereocenters. The van der Waals surface area contributed by atoms with Crippen molar-refractivity contribution in [3.8, 4) is 0 Å². The fourth-order valence-corrected chi connectivity index (χ4v) is 2.17. The van der Waals surface area contributed by atoms with Gasteiger partial charge >= 0.3 is 5.97 Å². The summed E-state index contributed by atoms with van der Waals surface area (Å²) in [5, 5.41) is 3.33. The number of nitrogens with zero attached hydrogens (tertiary/aromatic N) is 1. The van der Waals surface area contributed by atoms with Crippen LogP contribution in [0, 0.1) is 0 Å². The van der Waals surface area contributed by atoms with E-state index in [9.17, 15) is 4.79 Å². The van der Waals surface area contributed by atoms with Crippen LogP contribution in [-0.4, -0.2) is 43.7 Å². The average molecular weight is 279 g/mol. The molecule has 0 heterocycles. The van der Waals surface area contributed by atoms with Crippen LogP contribution in [-0.2, 0) is 4.74 Å². The molecule has 0 saturated carbocycles. The van der Waals surface area contributed by atoms with Gasteiger partial charge in [-0.15, -0.1) is 0 Å². The molecule has 0 aliphatic rings. The number of ether oxygens (including phenoxy) is 1. The van der Waals surface area contributed by atoms with Gasteiger partial charge in [-0.05, 0) is 32.1 Å². The van der Waals surface area contributed by atoms with Crippen LogP contribution in [0.2, 0.25) is 0 Å². The highest BCUT2D eigenvalue weighted by molar-refractivity contribution is 5.98. The van der Waals surface area contributed by atoms with Crippen molar-refractivity contribution >= 4 is 17.3 Å². The van der Waals surface area contributed by atoms with Gasteiger partial charge in [0.05, 0.1) is 24.0 Å². The molecule has 3 N–H and O–H groups in total. The van der Waals surface area contributed by atoms with Crippen LogP contribution >= 0.6 is 0 Å². The predicted octanol–water partition coefficient (Wildman–Crippen LogP) is 2.20. The Labute approximate surface area is 121 Å². The van der Waals surface area contributed by atoms with Crippen molar-refractivity contribution in [1.29, 1.82) is 0 Å². The van der Waals surface area contributed by atoms with Crippen LogP contribution in [0.15, 0.2) is 18.2 Å². The number of nitrogen functional groups attached to an aromatic ring is 1. The first kappa shape index (κ1) is 16.3. The van der Waals surface area contributed by atoms with Gasteiger partial charge in [-0.2, -0.15) is 0 Å². The Morgan fingerprint density at radius 3 is 2.60 bits per heavy atom. The topological polar surface area (TPSA) is 67.6 Å². The summed E-state index contributed by atoms with van der Waals surface area (Å²) in [4.78, 5) is 14.1. The number of esters is 1. The van der Waals surface area contributed by atoms with Gasteiger partial charge in [0.1, 0.15) is 0 Å². The summed E-state index contributed by atoms with van der Waals surface area (Å²) in [7, 11) is 1.37. The standard InChI is InChI=1S/C15H25N3O2/c1-5-18(6-2)10-11(3)17-14-12(15(19)20-4)8-7-9-13(14)16/h7-9,11,17H,5-6,10,16H2,1-4H3. The summed E-state index contributed by atoms with van der Waals surface area (Å²) < 4.78 is 4.79. The van der Waals surface area contributed by atoms with E-state index in [1.165, 1.54) is 7.11 Å². The molecule has 0 bridgehead atoms. The first-order valence-electron chi connectivity index (χ1n) is 6.99. The minimum absolute atomic E-state index is 0.183. The lowest BCUT2D eigenvalue weighted by molar-refractivity contribution is 0.0602. The van der Waals surface area contributed by atoms with E-state index in [2.05, 4.69) is 31.0 Å². The van der Waals surface area contributed by atoms with Crippen molar-refractivity contribution in [3.05, 3.63) is 23.8 Å². The second-order valence-electron chi connectivity index (χ2n) is 4.79. The number of hydrogen-bond donors (Lipinski definition) is 2. The van der Waals surface area contributed by atoms with Crippen LogP contribution in [0.3, 0.4) is 0 Å². The molecule has 20 heavy (non-hydrogen) atoms. The SMILES string of the molecule is CCN(CC)CC(C)Nc1c(N)cccc1C(=O)OC. The largest absolute Gasteiger partial charge is 0.465 e. The minimum atomic E-state index is -0.380. The molecule has 0 saturated heterocycles. The number of rotatable bonds is 7. The highest BCUT2D eigenvalue weighted by Crippen LogP contribution is 2.25. The minimum Gasteiger partial charge on any atom is -0.465 e. The van der Waals surface area contributed by atoms with Gasteiger partial charge in [0.2, 0.25) is 0 Å². The first-order chi connectivity index (χ1) is 9.53. The van der Waals surface area contributed by atoms with Gasteiger partial charge in [-0.1, -0.05) is 19.9 Å². The van der Waals surface area contributed by atoms with Crippen LogP contribution in [0.1, 0.15) is 31.1 Å². The zero-order valence-electron chi connectivity index (χ0n) is 12.8. The van der Waals surface area contributed by atoms with E-state index in [0.717, 1.165) is 19.6 Å². The summed E-state index contributed by atoms with van der Waals surface area (Å²) in [5.74, 6) is -0.380. The zero-order valence-corrected chi connectivity index (χ0v) is 12.8. The number of carbonyl (C=O) groups excluding carboxylic acids is 1. The molecule has 1 atom stereocenters. The molecular weight excluding hydrogens is 254 g/mol. The smallest absolute Gasteiger partial charge is 0.340 e. The van der Waals surface area contributed by atoms with Crippen LogP contribution in [0.4, 0.5) is 11.4 Å². The highest BCUT2D eigenvalue weighted by Gasteiger charge is 2.16. The molecule has 0 fully saturated rings. The number of likely N-dealkylation sites (N-methyl/N-ethyl adjacent to an activating group) is 1. The summed E-state index contributed by atoms with van der Waals surface area (Å²) in [6, 6.07) is 5.43. The molecular formula is C15H25N3O2. The quantitative estimate of drug-likeness (QED) is 0.591. The Kier molecular flexibility index (Phi) is 6.31. The van der Waals surface area contributed by atoms with E-state index in [0.29, 0.717) is 16.9 Å². The third kappa shape index (κ3) is 4.13. The number of para-hydroxylation sites is 1. The van der Waals surface area contributed by atoms with Crippen molar-refractivity contribution in [1.82, 2.24) is 4.90 Å². The number of benzene rings is 1. The third-order valence-corrected chi connectivity index (χ3v) is 3.32. The summed E-state index contributed by atoms with van der Waals surface area (Å²) >= 11 is 0. The van der Waals surface area contributed by atoms with Crippen molar-refractivity contribution in [2.24, 2.45) is 0 Å². The molecule has 1 rings (SSSR count). The molecule has 0 aliphatic carbocycles. The summed E-state index contributed by atoms with van der Waals surface area (Å²) in [6.45, 7) is 9.22. The number of nitrogens with two attached hydrogens (primary N) is 1. The second kappa shape index (κ2) is 7.75. The van der Waals surface area contributed by atoms with Crippen molar-refractivity contribution in [3.63, 3.8) is 0 Å². The zero-order chi connectivity index (χ0) is 15.1. The maximum absolute atomic E-state index is 11.8. The Balaban J connectivity index is 2.88. The molecule has 5 nitrogen and oxygen atoms in total. The van der Waals surface area contributed by atoms with Crippen LogP contribution < -0.4 is 11.1 Å². The van der Waals surface area contributed by atoms with Crippen LogP contribution in [0.5, 0.6) is 0 Å². The summed E-state index contributed by atoms with van der Waals surface area (Å²) in [5.41, 5.74) is 7.65. The maximum Gasteiger partial charge on any atom is 0.340 e. The van der Waals surface area contributed by atoms with Crippen LogP contribution in [0.25, 0.3) is 0 Å². The molecule has 0 amide bonds. The van der Waals surface area contributed by atoms with E-state index in [4.69, 9.17) is 10.5 Å². The Morgan fingerprint density at radius 1 is 1.40 bits per heavy atom. The number of hydrogen-bond acceptors (Lipinski definition) is 5. The first-order valence-corrected chi connectivity index (χ1v) is 6.99. The molecule has 112 valence electrons. The van der Waals surface area contributed by atoms with E-state index in [1.54, 1.807) is 18.2 Å². The Bertz CT molecular complexity index is 445.